The van der Waals surface area contributed by atoms with E-state index in [0.717, 1.165) is 22.6 Å². The number of amides is 1. The van der Waals surface area contributed by atoms with Crippen LogP contribution >= 0.6 is 11.3 Å². The SMILES string of the molecule is COc1cc2c(cc1OC)C(C)N(C(=O)/C=C/c1cccs1)CC2. The summed E-state index contributed by atoms with van der Waals surface area (Å²) in [6.07, 6.45) is 4.36. The minimum Gasteiger partial charge on any atom is -0.493 e. The lowest BCUT2D eigenvalue weighted by molar-refractivity contribution is -0.128. The molecule has 0 fully saturated rings. The topological polar surface area (TPSA) is 38.8 Å². The van der Waals surface area contributed by atoms with E-state index in [-0.39, 0.29) is 11.9 Å². The van der Waals surface area contributed by atoms with Gasteiger partial charge < -0.3 is 14.4 Å². The molecule has 126 valence electrons. The first-order chi connectivity index (χ1) is 11.6. The van der Waals surface area contributed by atoms with Crippen LogP contribution in [0.25, 0.3) is 6.08 Å². The monoisotopic (exact) mass is 343 g/mol. The fourth-order valence-electron chi connectivity index (χ4n) is 3.08. The summed E-state index contributed by atoms with van der Waals surface area (Å²) >= 11 is 1.62. The largest absolute Gasteiger partial charge is 0.493 e. The first-order valence-electron chi connectivity index (χ1n) is 7.91. The van der Waals surface area contributed by atoms with Crippen molar-refractivity contribution in [2.45, 2.75) is 19.4 Å². The lowest BCUT2D eigenvalue weighted by Gasteiger charge is -2.35. The molecule has 1 aromatic heterocycles. The molecule has 4 nitrogen and oxygen atoms in total. The summed E-state index contributed by atoms with van der Waals surface area (Å²) in [5.41, 5.74) is 2.34. The van der Waals surface area contributed by atoms with E-state index in [0.29, 0.717) is 12.3 Å². The van der Waals surface area contributed by atoms with Crippen LogP contribution in [-0.4, -0.2) is 31.6 Å². The molecule has 1 aromatic carbocycles. The molecule has 0 radical (unpaired) electrons. The molecule has 1 atom stereocenters. The molecule has 0 spiro atoms. The summed E-state index contributed by atoms with van der Waals surface area (Å²) in [5.74, 6) is 1.48. The molecular weight excluding hydrogens is 322 g/mol. The van der Waals surface area contributed by atoms with Crippen LogP contribution < -0.4 is 9.47 Å². The zero-order valence-corrected chi connectivity index (χ0v) is 14.9. The van der Waals surface area contributed by atoms with Crippen LogP contribution in [-0.2, 0) is 11.2 Å². The number of hydrogen-bond donors (Lipinski definition) is 0. The molecule has 1 amide bonds. The second kappa shape index (κ2) is 7.09. The lowest BCUT2D eigenvalue weighted by atomic mass is 9.92. The van der Waals surface area contributed by atoms with E-state index in [9.17, 15) is 4.79 Å². The Morgan fingerprint density at radius 3 is 2.71 bits per heavy atom. The van der Waals surface area contributed by atoms with Gasteiger partial charge in [0.2, 0.25) is 5.91 Å². The van der Waals surface area contributed by atoms with Crippen molar-refractivity contribution < 1.29 is 14.3 Å². The van der Waals surface area contributed by atoms with Crippen molar-refractivity contribution in [1.82, 2.24) is 4.90 Å². The van der Waals surface area contributed by atoms with E-state index >= 15 is 0 Å². The molecule has 0 bridgehead atoms. The van der Waals surface area contributed by atoms with Crippen molar-refractivity contribution in [3.63, 3.8) is 0 Å². The minimum atomic E-state index is 0.00837. The van der Waals surface area contributed by atoms with Gasteiger partial charge in [0.05, 0.1) is 20.3 Å². The predicted molar refractivity (Wildman–Crippen MR) is 96.7 cm³/mol. The molecule has 0 saturated carbocycles. The van der Waals surface area contributed by atoms with Gasteiger partial charge in [0.1, 0.15) is 0 Å². The summed E-state index contributed by atoms with van der Waals surface area (Å²) in [7, 11) is 3.27. The molecule has 2 heterocycles. The van der Waals surface area contributed by atoms with Gasteiger partial charge in [-0.05, 0) is 54.1 Å². The van der Waals surface area contributed by atoms with Crippen molar-refractivity contribution in [1.29, 1.82) is 0 Å². The third kappa shape index (κ3) is 3.17. The standard InChI is InChI=1S/C19H21NO3S/c1-13-16-12-18(23-3)17(22-2)11-14(16)8-9-20(13)19(21)7-6-15-5-4-10-24-15/h4-7,10-13H,8-9H2,1-3H3/b7-6+. The molecule has 0 aliphatic carbocycles. The van der Waals surface area contributed by atoms with Gasteiger partial charge in [-0.15, -0.1) is 11.3 Å². The van der Waals surface area contributed by atoms with Crippen LogP contribution in [0, 0.1) is 0 Å². The van der Waals surface area contributed by atoms with Crippen molar-refractivity contribution in [3.8, 4) is 11.5 Å². The number of nitrogens with zero attached hydrogens (tertiary/aromatic N) is 1. The molecule has 5 heteroatoms. The van der Waals surface area contributed by atoms with Gasteiger partial charge in [-0.2, -0.15) is 0 Å². The first-order valence-corrected chi connectivity index (χ1v) is 8.79. The third-order valence-corrected chi connectivity index (χ3v) is 5.24. The van der Waals surface area contributed by atoms with Gasteiger partial charge in [0.15, 0.2) is 11.5 Å². The van der Waals surface area contributed by atoms with Gasteiger partial charge >= 0.3 is 0 Å². The number of ether oxygens (including phenoxy) is 2. The highest BCUT2D eigenvalue weighted by Gasteiger charge is 2.28. The van der Waals surface area contributed by atoms with Crippen molar-refractivity contribution in [2.24, 2.45) is 0 Å². The number of hydrogen-bond acceptors (Lipinski definition) is 4. The quantitative estimate of drug-likeness (QED) is 0.790. The van der Waals surface area contributed by atoms with Crippen molar-refractivity contribution >= 4 is 23.3 Å². The predicted octanol–water partition coefficient (Wildman–Crippen LogP) is 3.92. The fourth-order valence-corrected chi connectivity index (χ4v) is 3.70. The highest BCUT2D eigenvalue weighted by Crippen LogP contribution is 2.37. The second-order valence-electron chi connectivity index (χ2n) is 5.71. The summed E-state index contributed by atoms with van der Waals surface area (Å²) in [6, 6.07) is 8.00. The highest BCUT2D eigenvalue weighted by molar-refractivity contribution is 7.10. The molecule has 24 heavy (non-hydrogen) atoms. The molecule has 1 aliphatic heterocycles. The molecule has 1 aliphatic rings. The molecule has 0 saturated heterocycles. The normalized spacial score (nSPS) is 17.0. The Morgan fingerprint density at radius 1 is 1.29 bits per heavy atom. The van der Waals surface area contributed by atoms with Crippen LogP contribution in [0.3, 0.4) is 0 Å². The number of carbonyl (C=O) groups is 1. The Morgan fingerprint density at radius 2 is 2.04 bits per heavy atom. The van der Waals surface area contributed by atoms with E-state index < -0.39 is 0 Å². The van der Waals surface area contributed by atoms with Gasteiger partial charge in [0, 0.05) is 17.5 Å². The Balaban J connectivity index is 1.83. The van der Waals surface area contributed by atoms with Crippen molar-refractivity contribution in [2.75, 3.05) is 20.8 Å². The smallest absolute Gasteiger partial charge is 0.247 e. The van der Waals surface area contributed by atoms with Gasteiger partial charge in [-0.3, -0.25) is 4.79 Å². The summed E-state index contributed by atoms with van der Waals surface area (Å²) in [4.78, 5) is 15.6. The summed E-state index contributed by atoms with van der Waals surface area (Å²) < 4.78 is 10.8. The zero-order valence-electron chi connectivity index (χ0n) is 14.1. The van der Waals surface area contributed by atoms with Crippen LogP contribution in [0.5, 0.6) is 11.5 Å². The van der Waals surface area contributed by atoms with Gasteiger partial charge in [0.25, 0.3) is 0 Å². The molecule has 2 aromatic rings. The Labute approximate surface area is 146 Å². The minimum absolute atomic E-state index is 0.00837. The Bertz CT molecular complexity index is 752. The number of rotatable bonds is 4. The van der Waals surface area contributed by atoms with Gasteiger partial charge in [-0.1, -0.05) is 6.07 Å². The Kier molecular flexibility index (Phi) is 4.90. The average Bonchev–Trinajstić information content (AvgIpc) is 3.12. The Hall–Kier alpha value is -2.27. The van der Waals surface area contributed by atoms with Crippen molar-refractivity contribution in [3.05, 3.63) is 51.7 Å². The maximum Gasteiger partial charge on any atom is 0.247 e. The lowest BCUT2D eigenvalue weighted by Crippen LogP contribution is -2.37. The maximum atomic E-state index is 12.6. The summed E-state index contributed by atoms with van der Waals surface area (Å²) in [6.45, 7) is 2.76. The van der Waals surface area contributed by atoms with Crippen LogP contribution in [0.1, 0.15) is 29.0 Å². The van der Waals surface area contributed by atoms with E-state index in [1.54, 1.807) is 31.6 Å². The van der Waals surface area contributed by atoms with Crippen LogP contribution in [0.15, 0.2) is 35.7 Å². The summed E-state index contributed by atoms with van der Waals surface area (Å²) in [5, 5.41) is 2.00. The number of thiophene rings is 1. The average molecular weight is 343 g/mol. The first kappa shape index (κ1) is 16.6. The number of carbonyl (C=O) groups excluding carboxylic acids is 1. The molecular formula is C19H21NO3S. The van der Waals surface area contributed by atoms with E-state index in [1.165, 1.54) is 5.56 Å². The second-order valence-corrected chi connectivity index (χ2v) is 6.69. The third-order valence-electron chi connectivity index (χ3n) is 4.40. The van der Waals surface area contributed by atoms with E-state index in [2.05, 4.69) is 6.92 Å². The van der Waals surface area contributed by atoms with E-state index in [4.69, 9.17) is 9.47 Å². The number of fused-ring (bicyclic) bond motifs is 1. The molecule has 0 N–H and O–H groups in total. The molecule has 3 rings (SSSR count). The fraction of sp³-hybridized carbons (Fsp3) is 0.316. The maximum absolute atomic E-state index is 12.6. The molecule has 1 unspecified atom stereocenters. The van der Waals surface area contributed by atoms with Gasteiger partial charge in [-0.25, -0.2) is 0 Å². The number of benzene rings is 1. The zero-order chi connectivity index (χ0) is 17.1. The van der Waals surface area contributed by atoms with Crippen LogP contribution in [0.2, 0.25) is 0 Å². The highest BCUT2D eigenvalue weighted by atomic mass is 32.1. The van der Waals surface area contributed by atoms with Crippen LogP contribution in [0.4, 0.5) is 0 Å². The number of methoxy groups -OCH3 is 2. The van der Waals surface area contributed by atoms with E-state index in [1.807, 2.05) is 40.6 Å².